The molecule has 0 unspecified atom stereocenters. The van der Waals surface area contributed by atoms with Crippen LogP contribution in [-0.2, 0) is 11.2 Å². The van der Waals surface area contributed by atoms with E-state index in [1.807, 2.05) is 18.2 Å². The molecule has 1 amide bonds. The van der Waals surface area contributed by atoms with E-state index in [4.69, 9.17) is 4.74 Å². The molecule has 1 aromatic rings. The van der Waals surface area contributed by atoms with E-state index in [0.717, 1.165) is 67.9 Å². The molecule has 134 valence electrons. The van der Waals surface area contributed by atoms with Crippen LogP contribution in [0.4, 0.5) is 0 Å². The highest BCUT2D eigenvalue weighted by atomic mass is 79.9. The van der Waals surface area contributed by atoms with E-state index in [2.05, 4.69) is 38.1 Å². The molecule has 2 rings (SSSR count). The Bertz CT molecular complexity index is 531. The zero-order chi connectivity index (χ0) is 17.4. The highest BCUT2D eigenvalue weighted by Crippen LogP contribution is 2.25. The molecule has 24 heavy (non-hydrogen) atoms. The van der Waals surface area contributed by atoms with Gasteiger partial charge in [-0.05, 0) is 60.1 Å². The fourth-order valence-corrected chi connectivity index (χ4v) is 3.40. The lowest BCUT2D eigenvalue weighted by atomic mass is 10.1. The number of benzene rings is 1. The summed E-state index contributed by atoms with van der Waals surface area (Å²) in [6.45, 7) is 6.39. The first-order chi connectivity index (χ1) is 11.6. The van der Waals surface area contributed by atoms with Crippen molar-refractivity contribution in [2.24, 2.45) is 0 Å². The molecule has 1 aliphatic heterocycles. The largest absolute Gasteiger partial charge is 0.496 e. The van der Waals surface area contributed by atoms with Crippen LogP contribution in [-0.4, -0.2) is 69.1 Å². The third-order valence-electron chi connectivity index (χ3n) is 4.43. The molecule has 0 spiro atoms. The van der Waals surface area contributed by atoms with Gasteiger partial charge in [-0.25, -0.2) is 0 Å². The van der Waals surface area contributed by atoms with Crippen molar-refractivity contribution in [3.63, 3.8) is 0 Å². The number of amides is 1. The van der Waals surface area contributed by atoms with Crippen molar-refractivity contribution in [1.82, 2.24) is 15.1 Å². The van der Waals surface area contributed by atoms with Gasteiger partial charge in [-0.15, -0.1) is 0 Å². The Labute approximate surface area is 153 Å². The number of aryl methyl sites for hydroxylation is 1. The second kappa shape index (κ2) is 10.0. The van der Waals surface area contributed by atoms with Gasteiger partial charge in [-0.1, -0.05) is 6.07 Å². The van der Waals surface area contributed by atoms with E-state index in [-0.39, 0.29) is 5.91 Å². The summed E-state index contributed by atoms with van der Waals surface area (Å²) in [7, 11) is 3.81. The van der Waals surface area contributed by atoms with E-state index >= 15 is 0 Å². The van der Waals surface area contributed by atoms with Crippen molar-refractivity contribution in [3.8, 4) is 5.75 Å². The summed E-state index contributed by atoms with van der Waals surface area (Å²) in [4.78, 5) is 16.8. The van der Waals surface area contributed by atoms with Crippen molar-refractivity contribution in [1.29, 1.82) is 0 Å². The Balaban J connectivity index is 1.59. The fourth-order valence-electron chi connectivity index (χ4n) is 2.81. The van der Waals surface area contributed by atoms with Crippen molar-refractivity contribution < 1.29 is 9.53 Å². The van der Waals surface area contributed by atoms with E-state index in [9.17, 15) is 4.79 Å². The number of halogens is 1. The molecule has 0 aliphatic carbocycles. The second-order valence-corrected chi connectivity index (χ2v) is 7.17. The Morgan fingerprint density at radius 3 is 2.71 bits per heavy atom. The Kier molecular flexibility index (Phi) is 8.02. The van der Waals surface area contributed by atoms with Crippen molar-refractivity contribution in [2.75, 3.05) is 53.4 Å². The molecule has 1 heterocycles. The van der Waals surface area contributed by atoms with Crippen molar-refractivity contribution >= 4 is 21.8 Å². The first-order valence-electron chi connectivity index (χ1n) is 8.58. The van der Waals surface area contributed by atoms with Gasteiger partial charge < -0.3 is 19.9 Å². The van der Waals surface area contributed by atoms with Crippen LogP contribution in [0, 0.1) is 0 Å². The molecule has 6 heteroatoms. The Morgan fingerprint density at radius 2 is 2.04 bits per heavy atom. The van der Waals surface area contributed by atoms with Crippen LogP contribution in [0.5, 0.6) is 5.75 Å². The number of hydrogen-bond acceptors (Lipinski definition) is 4. The SMILES string of the molecule is COc1ccc(CCC(=O)NCCCN2CCN(C)CC2)cc1Br. The number of nitrogens with one attached hydrogen (secondary N) is 1. The number of rotatable bonds is 8. The van der Waals surface area contributed by atoms with E-state index < -0.39 is 0 Å². The number of methoxy groups -OCH3 is 1. The maximum atomic E-state index is 12.0. The summed E-state index contributed by atoms with van der Waals surface area (Å²) in [5, 5.41) is 3.03. The highest BCUT2D eigenvalue weighted by molar-refractivity contribution is 9.10. The third kappa shape index (κ3) is 6.42. The van der Waals surface area contributed by atoms with Gasteiger partial charge in [0.15, 0.2) is 0 Å². The van der Waals surface area contributed by atoms with Crippen molar-refractivity contribution in [3.05, 3.63) is 28.2 Å². The van der Waals surface area contributed by atoms with Gasteiger partial charge in [0.25, 0.3) is 0 Å². The van der Waals surface area contributed by atoms with Crippen molar-refractivity contribution in [2.45, 2.75) is 19.3 Å². The highest BCUT2D eigenvalue weighted by Gasteiger charge is 2.13. The molecular formula is C18H28BrN3O2. The smallest absolute Gasteiger partial charge is 0.220 e. The predicted molar refractivity (Wildman–Crippen MR) is 101 cm³/mol. The molecule has 0 saturated carbocycles. The van der Waals surface area contributed by atoms with Gasteiger partial charge in [0.05, 0.1) is 11.6 Å². The number of nitrogens with zero attached hydrogens (tertiary/aromatic N) is 2. The van der Waals surface area contributed by atoms with Crippen LogP contribution < -0.4 is 10.1 Å². The summed E-state index contributed by atoms with van der Waals surface area (Å²) in [5.74, 6) is 0.937. The monoisotopic (exact) mass is 397 g/mol. The maximum Gasteiger partial charge on any atom is 0.220 e. The Morgan fingerprint density at radius 1 is 1.29 bits per heavy atom. The predicted octanol–water partition coefficient (Wildman–Crippen LogP) is 2.14. The minimum atomic E-state index is 0.125. The quantitative estimate of drug-likeness (QED) is 0.682. The van der Waals surface area contributed by atoms with Gasteiger partial charge >= 0.3 is 0 Å². The Hall–Kier alpha value is -1.11. The lowest BCUT2D eigenvalue weighted by Gasteiger charge is -2.32. The van der Waals surface area contributed by atoms with Crippen LogP contribution in [0.3, 0.4) is 0 Å². The zero-order valence-electron chi connectivity index (χ0n) is 14.7. The van der Waals surface area contributed by atoms with E-state index in [1.165, 1.54) is 0 Å². The molecule has 1 aliphatic rings. The zero-order valence-corrected chi connectivity index (χ0v) is 16.3. The van der Waals surface area contributed by atoms with Gasteiger partial charge in [-0.3, -0.25) is 4.79 Å². The number of carbonyl (C=O) groups is 1. The van der Waals surface area contributed by atoms with Gasteiger partial charge in [0.2, 0.25) is 5.91 Å². The summed E-state index contributed by atoms with van der Waals surface area (Å²) in [6.07, 6.45) is 2.28. The van der Waals surface area contributed by atoms with E-state index in [0.29, 0.717) is 6.42 Å². The average molecular weight is 398 g/mol. The first kappa shape index (κ1) is 19.2. The van der Waals surface area contributed by atoms with Crippen LogP contribution >= 0.6 is 15.9 Å². The lowest BCUT2D eigenvalue weighted by molar-refractivity contribution is -0.121. The summed E-state index contributed by atoms with van der Waals surface area (Å²) >= 11 is 3.47. The third-order valence-corrected chi connectivity index (χ3v) is 5.05. The van der Waals surface area contributed by atoms with Crippen LogP contribution in [0.2, 0.25) is 0 Å². The molecule has 1 aromatic carbocycles. The molecule has 5 nitrogen and oxygen atoms in total. The topological polar surface area (TPSA) is 44.8 Å². The molecule has 1 saturated heterocycles. The number of ether oxygens (including phenoxy) is 1. The molecule has 0 aromatic heterocycles. The molecule has 1 N–H and O–H groups in total. The molecule has 0 atom stereocenters. The number of piperazine rings is 1. The summed E-state index contributed by atoms with van der Waals surface area (Å²) in [5.41, 5.74) is 1.13. The van der Waals surface area contributed by atoms with Gasteiger partial charge in [-0.2, -0.15) is 0 Å². The average Bonchev–Trinajstić information content (AvgIpc) is 2.58. The minimum Gasteiger partial charge on any atom is -0.496 e. The number of carbonyl (C=O) groups excluding carboxylic acids is 1. The second-order valence-electron chi connectivity index (χ2n) is 6.32. The fraction of sp³-hybridized carbons (Fsp3) is 0.611. The maximum absolute atomic E-state index is 12.0. The molecular weight excluding hydrogens is 370 g/mol. The van der Waals surface area contributed by atoms with E-state index in [1.54, 1.807) is 7.11 Å². The summed E-state index contributed by atoms with van der Waals surface area (Å²) < 4.78 is 6.14. The lowest BCUT2D eigenvalue weighted by Crippen LogP contribution is -2.45. The standard InChI is InChI=1S/C18H28BrN3O2/c1-21-10-12-22(13-11-21)9-3-8-20-18(23)7-5-15-4-6-17(24-2)16(19)14-15/h4,6,14H,3,5,7-13H2,1-2H3,(H,20,23). The van der Waals surface area contributed by atoms with Crippen LogP contribution in [0.15, 0.2) is 22.7 Å². The molecule has 0 bridgehead atoms. The van der Waals surface area contributed by atoms with Gasteiger partial charge in [0, 0.05) is 39.1 Å². The van der Waals surface area contributed by atoms with Crippen LogP contribution in [0.1, 0.15) is 18.4 Å². The normalized spacial score (nSPS) is 16.1. The number of hydrogen-bond donors (Lipinski definition) is 1. The van der Waals surface area contributed by atoms with Crippen LogP contribution in [0.25, 0.3) is 0 Å². The minimum absolute atomic E-state index is 0.125. The summed E-state index contributed by atoms with van der Waals surface area (Å²) in [6, 6.07) is 5.94. The molecule has 1 fully saturated rings. The molecule has 0 radical (unpaired) electrons. The van der Waals surface area contributed by atoms with Gasteiger partial charge in [0.1, 0.15) is 5.75 Å². The number of likely N-dealkylation sites (N-methyl/N-ethyl adjacent to an activating group) is 1. The first-order valence-corrected chi connectivity index (χ1v) is 9.38.